The molecule has 0 saturated carbocycles. The van der Waals surface area contributed by atoms with Gasteiger partial charge in [-0.25, -0.2) is 0 Å². The van der Waals surface area contributed by atoms with E-state index < -0.39 is 0 Å². The van der Waals surface area contributed by atoms with Gasteiger partial charge < -0.3 is 0 Å². The highest BCUT2D eigenvalue weighted by Gasteiger charge is 2.03. The first-order valence-corrected chi connectivity index (χ1v) is 5.45. The molecule has 0 N–H and O–H groups in total. The second-order valence-corrected chi connectivity index (χ2v) is 4.99. The summed E-state index contributed by atoms with van der Waals surface area (Å²) in [4.78, 5) is 10.6. The molecule has 0 fully saturated rings. The Morgan fingerprint density at radius 3 is 2.20 bits per heavy atom. The molecule has 0 heterocycles. The molecule has 0 aliphatic carbocycles. The van der Waals surface area contributed by atoms with Crippen LogP contribution in [-0.2, 0) is 15.7 Å². The molecule has 0 aromatic heterocycles. The number of hydrogen-bond acceptors (Lipinski definition) is 1. The van der Waals surface area contributed by atoms with Crippen molar-refractivity contribution in [3.63, 3.8) is 0 Å². The van der Waals surface area contributed by atoms with Crippen LogP contribution < -0.4 is 0 Å². The van der Waals surface area contributed by atoms with Gasteiger partial charge in [-0.2, -0.15) is 0 Å². The van der Waals surface area contributed by atoms with Crippen molar-refractivity contribution in [3.8, 4) is 0 Å². The van der Waals surface area contributed by atoms with Gasteiger partial charge >= 0.3 is 0 Å². The Morgan fingerprint density at radius 1 is 1.40 bits per heavy atom. The van der Waals surface area contributed by atoms with Gasteiger partial charge in [0.2, 0.25) is 0 Å². The van der Waals surface area contributed by atoms with Crippen molar-refractivity contribution >= 4 is 16.7 Å². The van der Waals surface area contributed by atoms with Crippen molar-refractivity contribution < 1.29 is 4.79 Å². The van der Waals surface area contributed by atoms with Crippen LogP contribution in [0.25, 0.3) is 0 Å². The average molecular weight is 159 g/mol. The highest BCUT2D eigenvalue weighted by atomic mass is 32.2. The van der Waals surface area contributed by atoms with E-state index in [1.165, 1.54) is 5.57 Å². The van der Waals surface area contributed by atoms with Crippen LogP contribution in [0, 0.1) is 0 Å². The summed E-state index contributed by atoms with van der Waals surface area (Å²) in [5, 5.41) is 0. The number of carbonyl (C=O) groups excluding carboxylic acids is 1. The monoisotopic (exact) mass is 159 g/mol. The van der Waals surface area contributed by atoms with Crippen LogP contribution in [0.3, 0.4) is 0 Å². The second-order valence-electron chi connectivity index (χ2n) is 2.73. The largest absolute Gasteiger partial charge is 0.295 e. The van der Waals surface area contributed by atoms with Gasteiger partial charge in [-0.1, -0.05) is 0 Å². The third-order valence-electron chi connectivity index (χ3n) is 0.966. The van der Waals surface area contributed by atoms with E-state index in [4.69, 9.17) is 0 Å². The van der Waals surface area contributed by atoms with Gasteiger partial charge in [0.25, 0.3) is 0 Å². The molecular weight excluding hydrogens is 144 g/mol. The molecule has 0 aromatic rings. The van der Waals surface area contributed by atoms with Crippen LogP contribution in [0.15, 0.2) is 11.6 Å². The molecule has 0 amide bonds. The van der Waals surface area contributed by atoms with Gasteiger partial charge in [-0.15, -0.1) is 0 Å². The molecule has 2 heteroatoms. The van der Waals surface area contributed by atoms with E-state index in [0.717, 1.165) is 5.75 Å². The number of allylic oxidation sites excluding steroid dienone is 1. The van der Waals surface area contributed by atoms with Gasteiger partial charge in [0.1, 0.15) is 5.75 Å². The maximum atomic E-state index is 10.6. The maximum Gasteiger partial charge on any atom is 0.152 e. The van der Waals surface area contributed by atoms with E-state index in [1.807, 2.05) is 6.92 Å². The fourth-order valence-electron chi connectivity index (χ4n) is 0.844. The Labute approximate surface area is 65.9 Å². The van der Waals surface area contributed by atoms with E-state index in [9.17, 15) is 4.79 Å². The van der Waals surface area contributed by atoms with Crippen LogP contribution in [-0.4, -0.2) is 24.0 Å². The van der Waals surface area contributed by atoms with Gasteiger partial charge in [-0.3, -0.25) is 4.79 Å². The third-order valence-corrected chi connectivity index (χ3v) is 2.00. The summed E-state index contributed by atoms with van der Waals surface area (Å²) in [5.74, 6) is 1.21. The molecule has 1 nitrogen and oxygen atoms in total. The smallest absolute Gasteiger partial charge is 0.152 e. The molecule has 0 radical (unpaired) electrons. The summed E-state index contributed by atoms with van der Waals surface area (Å²) in [6, 6.07) is 0. The topological polar surface area (TPSA) is 17.1 Å². The summed E-state index contributed by atoms with van der Waals surface area (Å²) in [6.07, 6.45) is 6.07. The Kier molecular flexibility index (Phi) is 4.45. The highest BCUT2D eigenvalue weighted by molar-refractivity contribution is 7.95. The second kappa shape index (κ2) is 4.56. The first-order valence-electron chi connectivity index (χ1n) is 3.24. The molecule has 0 bridgehead atoms. The SMILES string of the molecule is CC(=O)/C=C(\C)C[S+](C)C. The molecule has 0 saturated heterocycles. The standard InChI is InChI=1S/C8H15OS/c1-7(5-8(2)9)6-10(3)4/h5H,6H2,1-4H3/q+1/b7-5+. The minimum Gasteiger partial charge on any atom is -0.295 e. The van der Waals surface area contributed by atoms with Gasteiger partial charge in [0.15, 0.2) is 5.78 Å². The van der Waals surface area contributed by atoms with E-state index >= 15 is 0 Å². The van der Waals surface area contributed by atoms with Crippen molar-refractivity contribution in [2.75, 3.05) is 18.3 Å². The first-order chi connectivity index (χ1) is 4.52. The summed E-state index contributed by atoms with van der Waals surface area (Å²) in [6.45, 7) is 3.60. The Balaban J connectivity index is 3.83. The zero-order valence-corrected chi connectivity index (χ0v) is 7.92. The van der Waals surface area contributed by atoms with Crippen LogP contribution in [0.1, 0.15) is 13.8 Å². The van der Waals surface area contributed by atoms with Crippen LogP contribution in [0.2, 0.25) is 0 Å². The predicted octanol–water partition coefficient (Wildman–Crippen LogP) is 1.40. The molecule has 0 aliphatic rings. The average Bonchev–Trinajstić information content (AvgIpc) is 1.58. The van der Waals surface area contributed by atoms with Crippen molar-refractivity contribution in [2.45, 2.75) is 13.8 Å². The van der Waals surface area contributed by atoms with Crippen molar-refractivity contribution in [3.05, 3.63) is 11.6 Å². The first kappa shape index (κ1) is 9.76. The molecule has 0 aliphatic heterocycles. The van der Waals surface area contributed by atoms with E-state index in [0.29, 0.717) is 10.9 Å². The Morgan fingerprint density at radius 2 is 1.90 bits per heavy atom. The van der Waals surface area contributed by atoms with Gasteiger partial charge in [-0.05, 0) is 36.4 Å². The fraction of sp³-hybridized carbons (Fsp3) is 0.625. The van der Waals surface area contributed by atoms with Crippen molar-refractivity contribution in [2.24, 2.45) is 0 Å². The zero-order chi connectivity index (χ0) is 8.15. The van der Waals surface area contributed by atoms with E-state index in [-0.39, 0.29) is 5.78 Å². The quantitative estimate of drug-likeness (QED) is 0.449. The summed E-state index contributed by atoms with van der Waals surface area (Å²) < 4.78 is 0. The molecule has 10 heavy (non-hydrogen) atoms. The fourth-order valence-corrected chi connectivity index (χ4v) is 1.84. The minimum absolute atomic E-state index is 0.156. The number of hydrogen-bond donors (Lipinski definition) is 0. The molecule has 0 rings (SSSR count). The van der Waals surface area contributed by atoms with Crippen molar-refractivity contribution in [1.29, 1.82) is 0 Å². The van der Waals surface area contributed by atoms with E-state index in [1.54, 1.807) is 13.0 Å². The van der Waals surface area contributed by atoms with Crippen LogP contribution in [0.5, 0.6) is 0 Å². The lowest BCUT2D eigenvalue weighted by Gasteiger charge is -1.95. The molecule has 0 aromatic carbocycles. The lowest BCUT2D eigenvalue weighted by Crippen LogP contribution is -2.03. The van der Waals surface area contributed by atoms with Crippen LogP contribution in [0.4, 0.5) is 0 Å². The van der Waals surface area contributed by atoms with E-state index in [2.05, 4.69) is 12.5 Å². The molecule has 0 spiro atoms. The molecular formula is C8H15OS+. The predicted molar refractivity (Wildman–Crippen MR) is 48.5 cm³/mol. The zero-order valence-electron chi connectivity index (χ0n) is 7.10. The lowest BCUT2D eigenvalue weighted by atomic mass is 10.3. The molecule has 0 atom stereocenters. The normalized spacial score (nSPS) is 12.3. The van der Waals surface area contributed by atoms with Crippen molar-refractivity contribution in [1.82, 2.24) is 0 Å². The maximum absolute atomic E-state index is 10.6. The lowest BCUT2D eigenvalue weighted by molar-refractivity contribution is -0.112. The number of rotatable bonds is 3. The summed E-state index contributed by atoms with van der Waals surface area (Å²) in [5.41, 5.74) is 1.20. The third kappa shape index (κ3) is 5.89. The highest BCUT2D eigenvalue weighted by Crippen LogP contribution is 1.97. The van der Waals surface area contributed by atoms with Gasteiger partial charge in [0.05, 0.1) is 12.5 Å². The summed E-state index contributed by atoms with van der Waals surface area (Å²) in [7, 11) is 0.417. The molecule has 58 valence electrons. The molecule has 0 unspecified atom stereocenters. The minimum atomic E-state index is 0.156. The number of carbonyl (C=O) groups is 1. The Bertz CT molecular complexity index is 147. The van der Waals surface area contributed by atoms with Crippen LogP contribution >= 0.6 is 0 Å². The Hall–Kier alpha value is -0.240. The van der Waals surface area contributed by atoms with Gasteiger partial charge in [0, 0.05) is 0 Å². The number of ketones is 1. The summed E-state index contributed by atoms with van der Waals surface area (Å²) >= 11 is 0.